The Kier molecular flexibility index (Phi) is 9.64. The maximum atomic E-state index is 13.1. The molecule has 1 N–H and O–H groups in total. The SMILES string of the molecule is CCOc1ccc(CN(CCCn2ccnc2)C(=O)NCCc2cc(OC)ccc2OC)cc1. The van der Waals surface area contributed by atoms with Gasteiger partial charge in [-0.05, 0) is 61.2 Å². The van der Waals surface area contributed by atoms with Crippen molar-refractivity contribution in [2.75, 3.05) is 33.9 Å². The van der Waals surface area contributed by atoms with Gasteiger partial charge in [0, 0.05) is 38.6 Å². The summed E-state index contributed by atoms with van der Waals surface area (Å²) >= 11 is 0. The second-order valence-corrected chi connectivity index (χ2v) is 7.81. The van der Waals surface area contributed by atoms with Gasteiger partial charge >= 0.3 is 6.03 Å². The largest absolute Gasteiger partial charge is 0.497 e. The van der Waals surface area contributed by atoms with Crippen LogP contribution in [0.2, 0.25) is 0 Å². The van der Waals surface area contributed by atoms with Crippen LogP contribution in [0.4, 0.5) is 4.79 Å². The topological polar surface area (TPSA) is 77.9 Å². The normalized spacial score (nSPS) is 10.6. The molecule has 3 rings (SSSR count). The number of methoxy groups -OCH3 is 2. The van der Waals surface area contributed by atoms with E-state index in [2.05, 4.69) is 10.3 Å². The standard InChI is InChI=1S/C26H34N4O4/c1-4-34-23-8-6-21(7-9-23)19-30(16-5-15-29-17-14-27-20-29)26(31)28-13-12-22-18-24(32-2)10-11-25(22)33-3/h6-11,14,17-18,20H,4-5,12-13,15-16,19H2,1-3H3,(H,28,31). The third kappa shape index (κ3) is 7.43. The molecule has 0 aliphatic rings. The molecule has 0 saturated heterocycles. The second-order valence-electron chi connectivity index (χ2n) is 7.81. The number of nitrogens with zero attached hydrogens (tertiary/aromatic N) is 3. The number of urea groups is 1. The summed E-state index contributed by atoms with van der Waals surface area (Å²) < 4.78 is 18.3. The number of aromatic nitrogens is 2. The highest BCUT2D eigenvalue weighted by molar-refractivity contribution is 5.74. The zero-order valence-electron chi connectivity index (χ0n) is 20.2. The molecule has 3 aromatic rings. The van der Waals surface area contributed by atoms with E-state index in [1.807, 2.05) is 65.1 Å². The van der Waals surface area contributed by atoms with Crippen molar-refractivity contribution in [1.29, 1.82) is 0 Å². The average Bonchev–Trinajstić information content (AvgIpc) is 3.38. The van der Waals surface area contributed by atoms with Gasteiger partial charge in [0.2, 0.25) is 0 Å². The summed E-state index contributed by atoms with van der Waals surface area (Å²) in [5.74, 6) is 2.37. The van der Waals surface area contributed by atoms with Crippen LogP contribution in [0, 0.1) is 0 Å². The van der Waals surface area contributed by atoms with Gasteiger partial charge in [-0.1, -0.05) is 12.1 Å². The van der Waals surface area contributed by atoms with Crippen molar-refractivity contribution < 1.29 is 19.0 Å². The zero-order chi connectivity index (χ0) is 24.2. The van der Waals surface area contributed by atoms with Gasteiger partial charge in [0.1, 0.15) is 17.2 Å². The van der Waals surface area contributed by atoms with Crippen molar-refractivity contribution in [2.24, 2.45) is 0 Å². The van der Waals surface area contributed by atoms with Crippen molar-refractivity contribution in [1.82, 2.24) is 19.8 Å². The van der Waals surface area contributed by atoms with Gasteiger partial charge in [-0.3, -0.25) is 0 Å². The fraction of sp³-hybridized carbons (Fsp3) is 0.385. The Bertz CT molecular complexity index is 1010. The molecule has 0 fully saturated rings. The monoisotopic (exact) mass is 466 g/mol. The first-order valence-corrected chi connectivity index (χ1v) is 11.5. The Labute approximate surface area is 201 Å². The lowest BCUT2D eigenvalue weighted by Gasteiger charge is -2.24. The summed E-state index contributed by atoms with van der Waals surface area (Å²) in [5, 5.41) is 3.06. The second kappa shape index (κ2) is 13.1. The van der Waals surface area contributed by atoms with Crippen LogP contribution in [0.3, 0.4) is 0 Å². The lowest BCUT2D eigenvalue weighted by atomic mass is 10.1. The maximum absolute atomic E-state index is 13.1. The molecule has 2 aromatic carbocycles. The minimum absolute atomic E-state index is 0.0959. The van der Waals surface area contributed by atoms with E-state index in [1.165, 1.54) is 0 Å². The third-order valence-corrected chi connectivity index (χ3v) is 5.46. The first-order chi connectivity index (χ1) is 16.6. The number of aryl methyl sites for hydroxylation is 1. The molecule has 0 bridgehead atoms. The predicted molar refractivity (Wildman–Crippen MR) is 132 cm³/mol. The number of amides is 2. The number of carbonyl (C=O) groups excluding carboxylic acids is 1. The van der Waals surface area contributed by atoms with Crippen LogP contribution < -0.4 is 19.5 Å². The van der Waals surface area contributed by atoms with Gasteiger partial charge in [0.15, 0.2) is 0 Å². The molecular weight excluding hydrogens is 432 g/mol. The van der Waals surface area contributed by atoms with Crippen molar-refractivity contribution in [2.45, 2.75) is 32.9 Å². The van der Waals surface area contributed by atoms with Crippen LogP contribution in [0.15, 0.2) is 61.2 Å². The van der Waals surface area contributed by atoms with E-state index < -0.39 is 0 Å². The molecule has 0 unspecified atom stereocenters. The number of benzene rings is 2. The summed E-state index contributed by atoms with van der Waals surface area (Å²) in [6.45, 7) is 5.02. The van der Waals surface area contributed by atoms with E-state index in [-0.39, 0.29) is 6.03 Å². The Balaban J connectivity index is 1.60. The molecule has 2 amide bonds. The van der Waals surface area contributed by atoms with E-state index in [1.54, 1.807) is 26.7 Å². The third-order valence-electron chi connectivity index (χ3n) is 5.46. The van der Waals surface area contributed by atoms with Crippen LogP contribution in [0.1, 0.15) is 24.5 Å². The molecule has 1 aromatic heterocycles. The van der Waals surface area contributed by atoms with Gasteiger partial charge in [-0.15, -0.1) is 0 Å². The van der Waals surface area contributed by atoms with Crippen LogP contribution in [-0.4, -0.2) is 54.4 Å². The van der Waals surface area contributed by atoms with Crippen molar-refractivity contribution in [3.05, 3.63) is 72.3 Å². The summed E-state index contributed by atoms with van der Waals surface area (Å²) in [5.41, 5.74) is 2.04. The van der Waals surface area contributed by atoms with Crippen LogP contribution >= 0.6 is 0 Å². The molecule has 182 valence electrons. The minimum atomic E-state index is -0.0959. The van der Waals surface area contributed by atoms with Gasteiger partial charge < -0.3 is 29.0 Å². The molecule has 0 saturated carbocycles. The van der Waals surface area contributed by atoms with Crippen molar-refractivity contribution in [3.8, 4) is 17.2 Å². The quantitative estimate of drug-likeness (QED) is 0.410. The van der Waals surface area contributed by atoms with E-state index in [4.69, 9.17) is 14.2 Å². The smallest absolute Gasteiger partial charge is 0.317 e. The Hall–Kier alpha value is -3.68. The molecule has 1 heterocycles. The number of carbonyl (C=O) groups is 1. The molecule has 0 atom stereocenters. The van der Waals surface area contributed by atoms with E-state index >= 15 is 0 Å². The number of imidazole rings is 1. The Morgan fingerprint density at radius 2 is 1.88 bits per heavy atom. The van der Waals surface area contributed by atoms with E-state index in [9.17, 15) is 4.79 Å². The number of ether oxygens (including phenoxy) is 3. The summed E-state index contributed by atoms with van der Waals surface area (Å²) in [6.07, 6.45) is 6.94. The minimum Gasteiger partial charge on any atom is -0.497 e. The number of hydrogen-bond donors (Lipinski definition) is 1. The van der Waals surface area contributed by atoms with E-state index in [0.717, 1.165) is 41.3 Å². The van der Waals surface area contributed by atoms with Crippen LogP contribution in [0.5, 0.6) is 17.2 Å². The fourth-order valence-corrected chi connectivity index (χ4v) is 3.69. The zero-order valence-corrected chi connectivity index (χ0v) is 20.2. The van der Waals surface area contributed by atoms with Crippen molar-refractivity contribution in [3.63, 3.8) is 0 Å². The molecule has 0 aliphatic heterocycles. The number of rotatable bonds is 13. The van der Waals surface area contributed by atoms with Crippen molar-refractivity contribution >= 4 is 6.03 Å². The summed E-state index contributed by atoms with van der Waals surface area (Å²) in [6, 6.07) is 13.5. The summed E-state index contributed by atoms with van der Waals surface area (Å²) in [4.78, 5) is 19.0. The molecule has 0 radical (unpaired) electrons. The Morgan fingerprint density at radius 3 is 2.56 bits per heavy atom. The number of nitrogens with one attached hydrogen (secondary N) is 1. The van der Waals surface area contributed by atoms with Gasteiger partial charge in [0.05, 0.1) is 27.2 Å². The first kappa shape index (κ1) is 25.0. The molecule has 0 aliphatic carbocycles. The van der Waals surface area contributed by atoms with E-state index in [0.29, 0.717) is 32.7 Å². The fourth-order valence-electron chi connectivity index (χ4n) is 3.69. The molecule has 0 spiro atoms. The molecular formula is C26H34N4O4. The Morgan fingerprint density at radius 1 is 1.09 bits per heavy atom. The first-order valence-electron chi connectivity index (χ1n) is 11.5. The maximum Gasteiger partial charge on any atom is 0.317 e. The molecule has 8 heteroatoms. The van der Waals surface area contributed by atoms with Crippen LogP contribution in [-0.2, 0) is 19.5 Å². The molecule has 8 nitrogen and oxygen atoms in total. The number of hydrogen-bond acceptors (Lipinski definition) is 5. The van der Waals surface area contributed by atoms with Gasteiger partial charge in [-0.25, -0.2) is 9.78 Å². The lowest BCUT2D eigenvalue weighted by Crippen LogP contribution is -2.41. The highest BCUT2D eigenvalue weighted by Crippen LogP contribution is 2.24. The predicted octanol–water partition coefficient (Wildman–Crippen LogP) is 4.14. The average molecular weight is 467 g/mol. The van der Waals surface area contributed by atoms with Crippen LogP contribution in [0.25, 0.3) is 0 Å². The molecule has 34 heavy (non-hydrogen) atoms. The highest BCUT2D eigenvalue weighted by Gasteiger charge is 2.14. The van der Waals surface area contributed by atoms with Gasteiger partial charge in [0.25, 0.3) is 0 Å². The lowest BCUT2D eigenvalue weighted by molar-refractivity contribution is 0.193. The van der Waals surface area contributed by atoms with Gasteiger partial charge in [-0.2, -0.15) is 0 Å². The highest BCUT2D eigenvalue weighted by atomic mass is 16.5. The summed E-state index contributed by atoms with van der Waals surface area (Å²) in [7, 11) is 3.28.